The number of rotatable bonds is 6. The Morgan fingerprint density at radius 2 is 2.32 bits per heavy atom. The summed E-state index contributed by atoms with van der Waals surface area (Å²) in [5, 5.41) is 9.25. The van der Waals surface area contributed by atoms with Crippen molar-refractivity contribution in [2.45, 2.75) is 31.7 Å². The Hall–Kier alpha value is -0.890. The summed E-state index contributed by atoms with van der Waals surface area (Å²) in [7, 11) is -3.52. The van der Waals surface area contributed by atoms with Crippen molar-refractivity contribution < 1.29 is 17.9 Å². The second-order valence-corrected chi connectivity index (χ2v) is 6.38. The molecule has 0 aromatic carbocycles. The van der Waals surface area contributed by atoms with Crippen LogP contribution in [0.3, 0.4) is 0 Å². The van der Waals surface area contributed by atoms with E-state index >= 15 is 0 Å². The fourth-order valence-electron chi connectivity index (χ4n) is 2.31. The molecule has 0 aliphatic carbocycles. The fourth-order valence-corrected chi connectivity index (χ4v) is 3.77. The van der Waals surface area contributed by atoms with Crippen molar-refractivity contribution >= 4 is 10.2 Å². The lowest BCUT2D eigenvalue weighted by molar-refractivity contribution is 0.154. The van der Waals surface area contributed by atoms with E-state index in [0.717, 1.165) is 25.0 Å². The van der Waals surface area contributed by atoms with Crippen LogP contribution in [0.2, 0.25) is 0 Å². The molecular formula is C12H20N2O4S. The van der Waals surface area contributed by atoms with E-state index < -0.39 is 10.2 Å². The summed E-state index contributed by atoms with van der Waals surface area (Å²) >= 11 is 0. The first kappa shape index (κ1) is 14.5. The van der Waals surface area contributed by atoms with Crippen LogP contribution < -0.4 is 4.72 Å². The summed E-state index contributed by atoms with van der Waals surface area (Å²) in [5.41, 5.74) is 0. The van der Waals surface area contributed by atoms with E-state index in [2.05, 4.69) is 4.72 Å². The summed E-state index contributed by atoms with van der Waals surface area (Å²) in [6.45, 7) is 0.644. The third-order valence-corrected chi connectivity index (χ3v) is 5.00. The predicted molar refractivity (Wildman–Crippen MR) is 70.8 cm³/mol. The molecule has 1 aromatic heterocycles. The average Bonchev–Trinajstić information content (AvgIpc) is 2.91. The lowest BCUT2D eigenvalue weighted by atomic mass is 10.1. The molecule has 2 heterocycles. The van der Waals surface area contributed by atoms with Crippen LogP contribution in [0.15, 0.2) is 22.8 Å². The number of nitrogens with one attached hydrogen (secondary N) is 1. The smallest absolute Gasteiger partial charge is 0.279 e. The highest BCUT2D eigenvalue weighted by Crippen LogP contribution is 2.19. The highest BCUT2D eigenvalue weighted by Gasteiger charge is 2.31. The summed E-state index contributed by atoms with van der Waals surface area (Å²) in [4.78, 5) is 0. The topological polar surface area (TPSA) is 82.8 Å². The molecule has 0 amide bonds. The Bertz CT molecular complexity index is 472. The van der Waals surface area contributed by atoms with Crippen molar-refractivity contribution in [3.8, 4) is 0 Å². The van der Waals surface area contributed by atoms with Crippen LogP contribution in [-0.2, 0) is 16.6 Å². The maximum atomic E-state index is 12.2. The number of aliphatic hydroxyl groups excluding tert-OH is 1. The molecule has 6 nitrogen and oxygen atoms in total. The van der Waals surface area contributed by atoms with E-state index in [0.29, 0.717) is 19.5 Å². The van der Waals surface area contributed by atoms with Crippen LogP contribution in [0.1, 0.15) is 25.0 Å². The molecule has 2 N–H and O–H groups in total. The third kappa shape index (κ3) is 3.79. The molecule has 0 bridgehead atoms. The molecule has 1 unspecified atom stereocenters. The monoisotopic (exact) mass is 288 g/mol. The molecule has 1 aliphatic rings. The molecule has 1 fully saturated rings. The lowest BCUT2D eigenvalue weighted by Crippen LogP contribution is -2.50. The predicted octanol–water partition coefficient (Wildman–Crippen LogP) is 0.503. The van der Waals surface area contributed by atoms with Gasteiger partial charge in [0.05, 0.1) is 12.9 Å². The molecule has 19 heavy (non-hydrogen) atoms. The van der Waals surface area contributed by atoms with E-state index in [9.17, 15) is 13.5 Å². The summed E-state index contributed by atoms with van der Waals surface area (Å²) in [5.74, 6) is 0.750. The number of nitrogens with zero attached hydrogens (tertiary/aromatic N) is 1. The fraction of sp³-hybridized carbons (Fsp3) is 0.667. The van der Waals surface area contributed by atoms with Gasteiger partial charge in [0.25, 0.3) is 10.2 Å². The summed E-state index contributed by atoms with van der Waals surface area (Å²) in [6.07, 6.45) is 4.61. The van der Waals surface area contributed by atoms with Crippen LogP contribution in [0, 0.1) is 0 Å². The molecule has 1 atom stereocenters. The van der Waals surface area contributed by atoms with E-state index in [-0.39, 0.29) is 12.6 Å². The second-order valence-electron chi connectivity index (χ2n) is 4.67. The minimum absolute atomic E-state index is 0.126. The number of aliphatic hydroxyl groups is 1. The zero-order chi connectivity index (χ0) is 13.7. The first-order valence-corrected chi connectivity index (χ1v) is 7.97. The highest BCUT2D eigenvalue weighted by molar-refractivity contribution is 7.87. The van der Waals surface area contributed by atoms with Gasteiger partial charge in [0.1, 0.15) is 5.76 Å². The average molecular weight is 288 g/mol. The first-order chi connectivity index (χ1) is 9.13. The largest absolute Gasteiger partial charge is 0.469 e. The van der Waals surface area contributed by atoms with Gasteiger partial charge in [-0.05, 0) is 25.0 Å². The Kier molecular flexibility index (Phi) is 4.98. The molecule has 0 spiro atoms. The highest BCUT2D eigenvalue weighted by atomic mass is 32.2. The second kappa shape index (κ2) is 6.51. The van der Waals surface area contributed by atoms with E-state index in [4.69, 9.17) is 4.42 Å². The van der Waals surface area contributed by atoms with E-state index in [1.54, 1.807) is 12.3 Å². The molecule has 2 rings (SSSR count). The molecule has 7 heteroatoms. The number of piperidine rings is 1. The van der Waals surface area contributed by atoms with Gasteiger partial charge in [0, 0.05) is 25.6 Å². The number of furan rings is 1. The molecule has 0 radical (unpaired) electrons. The molecule has 1 saturated heterocycles. The van der Waals surface area contributed by atoms with Gasteiger partial charge in [-0.25, -0.2) is 4.72 Å². The lowest BCUT2D eigenvalue weighted by Gasteiger charge is -2.33. The molecule has 0 saturated carbocycles. The van der Waals surface area contributed by atoms with Crippen molar-refractivity contribution in [2.24, 2.45) is 0 Å². The molecule has 1 aromatic rings. The molecule has 108 valence electrons. The van der Waals surface area contributed by atoms with Crippen molar-refractivity contribution in [2.75, 3.05) is 19.7 Å². The molecular weight excluding hydrogens is 268 g/mol. The maximum absolute atomic E-state index is 12.2. The van der Waals surface area contributed by atoms with Gasteiger partial charge in [-0.15, -0.1) is 0 Å². The molecule has 1 aliphatic heterocycles. The van der Waals surface area contributed by atoms with Gasteiger partial charge in [-0.2, -0.15) is 12.7 Å². The minimum atomic E-state index is -3.52. The maximum Gasteiger partial charge on any atom is 0.279 e. The normalized spacial score (nSPS) is 21.6. The van der Waals surface area contributed by atoms with Crippen LogP contribution in [0.25, 0.3) is 0 Å². The van der Waals surface area contributed by atoms with E-state index in [1.165, 1.54) is 4.31 Å². The summed E-state index contributed by atoms with van der Waals surface area (Å²) in [6, 6.07) is 3.29. The van der Waals surface area contributed by atoms with E-state index in [1.807, 2.05) is 6.07 Å². The summed E-state index contributed by atoms with van der Waals surface area (Å²) < 4.78 is 33.4. The Morgan fingerprint density at radius 1 is 1.47 bits per heavy atom. The van der Waals surface area contributed by atoms with Crippen LogP contribution in [0.4, 0.5) is 0 Å². The quantitative estimate of drug-likeness (QED) is 0.798. The Balaban J connectivity index is 1.89. The number of hydrogen-bond acceptors (Lipinski definition) is 4. The number of hydrogen-bond donors (Lipinski definition) is 2. The van der Waals surface area contributed by atoms with Gasteiger partial charge < -0.3 is 9.52 Å². The van der Waals surface area contributed by atoms with Crippen LogP contribution >= 0.6 is 0 Å². The Morgan fingerprint density at radius 3 is 3.00 bits per heavy atom. The van der Waals surface area contributed by atoms with Crippen LogP contribution in [-0.4, -0.2) is 43.6 Å². The third-order valence-electron chi connectivity index (χ3n) is 3.33. The van der Waals surface area contributed by atoms with Gasteiger partial charge in [0.15, 0.2) is 0 Å². The zero-order valence-electron chi connectivity index (χ0n) is 10.8. The van der Waals surface area contributed by atoms with Gasteiger partial charge in [-0.3, -0.25) is 0 Å². The first-order valence-electron chi connectivity index (χ1n) is 6.53. The van der Waals surface area contributed by atoms with Gasteiger partial charge in [-0.1, -0.05) is 6.42 Å². The van der Waals surface area contributed by atoms with Crippen molar-refractivity contribution in [1.29, 1.82) is 0 Å². The Labute approximate surface area is 113 Å². The standard InChI is InChI=1S/C12H20N2O4S/c15-10-11-4-1-2-8-14(11)19(16,17)13-7-6-12-5-3-9-18-12/h3,5,9,11,13,15H,1-2,4,6-8,10H2. The zero-order valence-corrected chi connectivity index (χ0v) is 11.6. The van der Waals surface area contributed by atoms with Crippen molar-refractivity contribution in [3.63, 3.8) is 0 Å². The SMILES string of the molecule is O=S(=O)(NCCc1ccco1)N1CCCCC1CO. The van der Waals surface area contributed by atoms with Crippen LogP contribution in [0.5, 0.6) is 0 Å². The van der Waals surface area contributed by atoms with Gasteiger partial charge >= 0.3 is 0 Å². The van der Waals surface area contributed by atoms with Crippen molar-refractivity contribution in [1.82, 2.24) is 9.03 Å². The van der Waals surface area contributed by atoms with Crippen molar-refractivity contribution in [3.05, 3.63) is 24.2 Å². The minimum Gasteiger partial charge on any atom is -0.469 e. The van der Waals surface area contributed by atoms with Gasteiger partial charge in [0.2, 0.25) is 0 Å².